The van der Waals surface area contributed by atoms with Gasteiger partial charge in [0.15, 0.2) is 5.75 Å². The minimum absolute atomic E-state index is 0.0677. The van der Waals surface area contributed by atoms with E-state index >= 15 is 0 Å². The van der Waals surface area contributed by atoms with Gasteiger partial charge in [0.05, 0.1) is 14.8 Å². The summed E-state index contributed by atoms with van der Waals surface area (Å²) in [6, 6.07) is 8.32. The van der Waals surface area contributed by atoms with Gasteiger partial charge in [0.1, 0.15) is 5.52 Å². The van der Waals surface area contributed by atoms with Gasteiger partial charge in [-0.25, -0.2) is 8.42 Å². The number of pyridine rings is 1. The molecule has 0 spiro atoms. The molecular weight excluding hydrogens is 381 g/mol. The van der Waals surface area contributed by atoms with E-state index in [1.54, 1.807) is 6.07 Å². The minimum atomic E-state index is -3.95. The maximum absolute atomic E-state index is 12.9. The van der Waals surface area contributed by atoms with E-state index in [4.69, 9.17) is 34.8 Å². The van der Waals surface area contributed by atoms with Crippen LogP contribution in [0.3, 0.4) is 0 Å². The molecule has 23 heavy (non-hydrogen) atoms. The van der Waals surface area contributed by atoms with Crippen LogP contribution in [0.25, 0.3) is 10.9 Å². The van der Waals surface area contributed by atoms with E-state index in [-0.39, 0.29) is 41.5 Å². The van der Waals surface area contributed by atoms with Crippen LogP contribution in [0.2, 0.25) is 15.1 Å². The molecular formula is C15H8Cl3NO3S. The smallest absolute Gasteiger partial charge is 0.207 e. The van der Waals surface area contributed by atoms with E-state index in [1.165, 1.54) is 36.5 Å². The lowest BCUT2D eigenvalue weighted by Gasteiger charge is -2.11. The lowest BCUT2D eigenvalue weighted by atomic mass is 10.2. The molecule has 4 nitrogen and oxygen atoms in total. The van der Waals surface area contributed by atoms with Gasteiger partial charge in [-0.15, -0.1) is 0 Å². The summed E-state index contributed by atoms with van der Waals surface area (Å²) in [6.45, 7) is 0. The molecule has 2 aromatic carbocycles. The molecule has 1 N–H and O–H groups in total. The number of halogens is 3. The number of phenolic OH excluding ortho intramolecular Hbond substituents is 1. The number of fused-ring (bicyclic) bond motifs is 1. The molecule has 0 aliphatic rings. The Balaban J connectivity index is 2.37. The first-order valence-corrected chi connectivity index (χ1v) is 8.90. The molecule has 0 saturated heterocycles. The highest BCUT2D eigenvalue weighted by atomic mass is 35.5. The number of aromatic nitrogens is 1. The largest absolute Gasteiger partial charge is 0.504 e. The maximum Gasteiger partial charge on any atom is 0.207 e. The second-order valence-electron chi connectivity index (χ2n) is 4.71. The van der Waals surface area contributed by atoms with Crippen molar-refractivity contribution in [3.05, 3.63) is 57.7 Å². The summed E-state index contributed by atoms with van der Waals surface area (Å²) in [5, 5.41) is 10.5. The number of aromatic hydroxyl groups is 1. The van der Waals surface area contributed by atoms with E-state index < -0.39 is 9.84 Å². The molecule has 1 heterocycles. The van der Waals surface area contributed by atoms with Gasteiger partial charge in [-0.1, -0.05) is 34.8 Å². The van der Waals surface area contributed by atoms with Gasteiger partial charge in [-0.3, -0.25) is 4.98 Å². The predicted molar refractivity (Wildman–Crippen MR) is 90.3 cm³/mol. The van der Waals surface area contributed by atoms with Gasteiger partial charge in [0.2, 0.25) is 9.84 Å². The minimum Gasteiger partial charge on any atom is -0.504 e. The second kappa shape index (κ2) is 5.83. The molecule has 0 radical (unpaired) electrons. The van der Waals surface area contributed by atoms with Crippen molar-refractivity contribution in [3.63, 3.8) is 0 Å². The third kappa shape index (κ3) is 2.85. The summed E-state index contributed by atoms with van der Waals surface area (Å²) in [4.78, 5) is 3.84. The lowest BCUT2D eigenvalue weighted by molar-refractivity contribution is 0.480. The molecule has 0 bridgehead atoms. The fourth-order valence-corrected chi connectivity index (χ4v) is 4.66. The zero-order valence-corrected chi connectivity index (χ0v) is 14.4. The van der Waals surface area contributed by atoms with Crippen molar-refractivity contribution < 1.29 is 13.5 Å². The molecule has 0 aliphatic heterocycles. The number of hydrogen-bond acceptors (Lipinski definition) is 4. The zero-order valence-electron chi connectivity index (χ0n) is 11.3. The maximum atomic E-state index is 12.9. The van der Waals surface area contributed by atoms with Crippen molar-refractivity contribution in [1.29, 1.82) is 0 Å². The summed E-state index contributed by atoms with van der Waals surface area (Å²) >= 11 is 17.7. The van der Waals surface area contributed by atoms with Crippen molar-refractivity contribution in [2.75, 3.05) is 0 Å². The number of hydrogen-bond donors (Lipinski definition) is 1. The second-order valence-corrected chi connectivity index (χ2v) is 7.91. The predicted octanol–water partition coefficient (Wildman–Crippen LogP) is 4.73. The van der Waals surface area contributed by atoms with Gasteiger partial charge in [-0.05, 0) is 36.4 Å². The molecule has 0 unspecified atom stereocenters. The third-order valence-corrected chi connectivity index (χ3v) is 5.72. The molecule has 1 aromatic heterocycles. The van der Waals surface area contributed by atoms with Crippen LogP contribution in [-0.2, 0) is 9.84 Å². The molecule has 0 aliphatic carbocycles. The van der Waals surface area contributed by atoms with Gasteiger partial charge in [0.25, 0.3) is 0 Å². The van der Waals surface area contributed by atoms with Crippen LogP contribution < -0.4 is 0 Å². The summed E-state index contributed by atoms with van der Waals surface area (Å²) in [5.74, 6) is -0.273. The number of sulfone groups is 1. The summed E-state index contributed by atoms with van der Waals surface area (Å²) in [5.41, 5.74) is 0.103. The monoisotopic (exact) mass is 387 g/mol. The standard InChI is InChI=1S/C15H8Cl3NO3S/c16-8-4-9(17)6-10(5-8)23(21,22)13-7-12(18)15(20)14-11(13)2-1-3-19-14/h1-7,20H. The highest BCUT2D eigenvalue weighted by Gasteiger charge is 2.24. The molecule has 3 aromatic rings. The number of benzene rings is 2. The molecule has 0 fully saturated rings. The van der Waals surface area contributed by atoms with Crippen LogP contribution in [-0.4, -0.2) is 18.5 Å². The van der Waals surface area contributed by atoms with Gasteiger partial charge >= 0.3 is 0 Å². The molecule has 8 heteroatoms. The molecule has 0 amide bonds. The zero-order chi connectivity index (χ0) is 16.8. The average molecular weight is 389 g/mol. The fourth-order valence-electron chi connectivity index (χ4n) is 2.20. The molecule has 118 valence electrons. The van der Waals surface area contributed by atoms with Crippen molar-refractivity contribution in [2.45, 2.75) is 9.79 Å². The van der Waals surface area contributed by atoms with Crippen LogP contribution in [0.15, 0.2) is 52.4 Å². The lowest BCUT2D eigenvalue weighted by Crippen LogP contribution is -2.04. The molecule has 0 atom stereocenters. The van der Waals surface area contributed by atoms with Crippen LogP contribution in [0.4, 0.5) is 0 Å². The van der Waals surface area contributed by atoms with Crippen molar-refractivity contribution in [1.82, 2.24) is 4.98 Å². The average Bonchev–Trinajstić information content (AvgIpc) is 2.50. The summed E-state index contributed by atoms with van der Waals surface area (Å²) in [7, 11) is -3.95. The van der Waals surface area contributed by atoms with E-state index in [1.807, 2.05) is 0 Å². The Morgan fingerprint density at radius 3 is 2.30 bits per heavy atom. The van der Waals surface area contributed by atoms with E-state index in [0.717, 1.165) is 0 Å². The molecule has 0 saturated carbocycles. The topological polar surface area (TPSA) is 67.3 Å². The third-order valence-electron chi connectivity index (χ3n) is 3.22. The van der Waals surface area contributed by atoms with Crippen LogP contribution in [0, 0.1) is 0 Å². The van der Waals surface area contributed by atoms with Crippen molar-refractivity contribution in [3.8, 4) is 5.75 Å². The molecule has 3 rings (SSSR count). The van der Waals surface area contributed by atoms with E-state index in [0.29, 0.717) is 0 Å². The number of nitrogens with zero attached hydrogens (tertiary/aromatic N) is 1. The normalized spacial score (nSPS) is 11.8. The van der Waals surface area contributed by atoms with Crippen LogP contribution in [0.1, 0.15) is 0 Å². The Labute approximate surface area is 147 Å². The first kappa shape index (κ1) is 16.3. The van der Waals surface area contributed by atoms with Gasteiger partial charge in [0, 0.05) is 21.6 Å². The summed E-state index contributed by atoms with van der Waals surface area (Å²) < 4.78 is 25.9. The van der Waals surface area contributed by atoms with Gasteiger partial charge in [-0.2, -0.15) is 0 Å². The quantitative estimate of drug-likeness (QED) is 0.689. The first-order chi connectivity index (χ1) is 10.8. The Bertz CT molecular complexity index is 1020. The summed E-state index contributed by atoms with van der Waals surface area (Å²) in [6.07, 6.45) is 1.44. The Morgan fingerprint density at radius 2 is 1.65 bits per heavy atom. The van der Waals surface area contributed by atoms with Crippen molar-refractivity contribution in [2.24, 2.45) is 0 Å². The number of phenols is 1. The van der Waals surface area contributed by atoms with Gasteiger partial charge < -0.3 is 5.11 Å². The highest BCUT2D eigenvalue weighted by Crippen LogP contribution is 2.38. The van der Waals surface area contributed by atoms with Crippen LogP contribution in [0.5, 0.6) is 5.75 Å². The Hall–Kier alpha value is -1.53. The SMILES string of the molecule is O=S(=O)(c1cc(Cl)cc(Cl)c1)c1cc(Cl)c(O)c2ncccc12. The Morgan fingerprint density at radius 1 is 1.00 bits per heavy atom. The number of rotatable bonds is 2. The highest BCUT2D eigenvalue weighted by molar-refractivity contribution is 7.91. The first-order valence-electron chi connectivity index (χ1n) is 6.28. The van der Waals surface area contributed by atoms with E-state index in [2.05, 4.69) is 4.98 Å². The Kier molecular flexibility index (Phi) is 4.14. The van der Waals surface area contributed by atoms with E-state index in [9.17, 15) is 13.5 Å². The fraction of sp³-hybridized carbons (Fsp3) is 0. The van der Waals surface area contributed by atoms with Crippen molar-refractivity contribution >= 4 is 55.5 Å². The van der Waals surface area contributed by atoms with Crippen LogP contribution >= 0.6 is 34.8 Å².